The van der Waals surface area contributed by atoms with Crippen molar-refractivity contribution in [3.05, 3.63) is 82.4 Å². The topological polar surface area (TPSA) is 90.0 Å². The molecule has 3 aromatic rings. The number of halogens is 3. The lowest BCUT2D eigenvalue weighted by Crippen LogP contribution is -2.37. The van der Waals surface area contributed by atoms with Gasteiger partial charge in [-0.25, -0.2) is 4.98 Å². The predicted molar refractivity (Wildman–Crippen MR) is 145 cm³/mol. The van der Waals surface area contributed by atoms with Crippen molar-refractivity contribution in [2.24, 2.45) is 5.92 Å². The molecule has 3 heterocycles. The molecule has 41 heavy (non-hydrogen) atoms. The third-order valence-electron chi connectivity index (χ3n) is 7.09. The SMILES string of the molecule is Cc1sc(NC(=O)Cc2ccc3c(c2)OCO3)nc1C1=CC2CCN(C(=O)c3ccccc3OC(F)(F)F)C2C=C1. The molecule has 2 aliphatic heterocycles. The van der Waals surface area contributed by atoms with E-state index < -0.39 is 18.0 Å². The molecule has 1 N–H and O–H groups in total. The molecule has 1 aliphatic carbocycles. The standard InChI is InChI=1S/C29H24F3N3O5S/c1-16-26(34-28(41-16)33-25(36)13-17-6-9-23-24(12-17)39-15-38-23)19-7-8-21-18(14-19)10-11-35(21)27(37)20-4-2-3-5-22(20)40-29(30,31)32/h2-9,12,14,18,21H,10-11,13,15H2,1H3,(H,33,34,36). The number of fused-ring (bicyclic) bond motifs is 2. The van der Waals surface area contributed by atoms with E-state index >= 15 is 0 Å². The van der Waals surface area contributed by atoms with Crippen molar-refractivity contribution in [3.63, 3.8) is 0 Å². The second-order valence-electron chi connectivity index (χ2n) is 9.80. The number of allylic oxidation sites excluding steroid dienone is 2. The number of anilines is 1. The molecule has 1 fully saturated rings. The lowest BCUT2D eigenvalue weighted by Gasteiger charge is -2.28. The van der Waals surface area contributed by atoms with Gasteiger partial charge in [-0.3, -0.25) is 9.59 Å². The summed E-state index contributed by atoms with van der Waals surface area (Å²) in [6.07, 6.45) is 1.69. The highest BCUT2D eigenvalue weighted by Gasteiger charge is 2.39. The van der Waals surface area contributed by atoms with Gasteiger partial charge in [0.15, 0.2) is 16.6 Å². The molecule has 8 nitrogen and oxygen atoms in total. The first-order valence-electron chi connectivity index (χ1n) is 12.9. The molecule has 1 aromatic heterocycles. The number of alkyl halides is 3. The number of ether oxygens (including phenoxy) is 3. The molecule has 6 rings (SSSR count). The van der Waals surface area contributed by atoms with Crippen molar-refractivity contribution in [1.29, 1.82) is 0 Å². The molecule has 3 aliphatic rings. The number of aryl methyl sites for hydroxylation is 1. The Morgan fingerprint density at radius 3 is 2.80 bits per heavy atom. The quantitative estimate of drug-likeness (QED) is 0.398. The summed E-state index contributed by atoms with van der Waals surface area (Å²) >= 11 is 1.37. The molecule has 0 bridgehead atoms. The van der Waals surface area contributed by atoms with E-state index in [0.717, 1.165) is 27.8 Å². The van der Waals surface area contributed by atoms with Crippen LogP contribution in [-0.4, -0.2) is 47.4 Å². The zero-order valence-electron chi connectivity index (χ0n) is 21.7. The number of carbonyl (C=O) groups excluding carboxylic acids is 2. The van der Waals surface area contributed by atoms with Crippen molar-refractivity contribution < 1.29 is 37.0 Å². The predicted octanol–water partition coefficient (Wildman–Crippen LogP) is 5.74. The van der Waals surface area contributed by atoms with Crippen LogP contribution in [-0.2, 0) is 11.2 Å². The van der Waals surface area contributed by atoms with Crippen LogP contribution in [0.5, 0.6) is 17.2 Å². The zero-order chi connectivity index (χ0) is 28.7. The van der Waals surface area contributed by atoms with Crippen LogP contribution in [0.1, 0.15) is 32.9 Å². The highest BCUT2D eigenvalue weighted by Crippen LogP contribution is 2.38. The normalized spacial score (nSPS) is 19.1. The average molecular weight is 584 g/mol. The van der Waals surface area contributed by atoms with E-state index in [9.17, 15) is 22.8 Å². The van der Waals surface area contributed by atoms with Crippen LogP contribution in [0.3, 0.4) is 0 Å². The fraction of sp³-hybridized carbons (Fsp3) is 0.276. The fourth-order valence-corrected chi connectivity index (χ4v) is 6.13. The summed E-state index contributed by atoms with van der Waals surface area (Å²) < 4.78 is 53.4. The van der Waals surface area contributed by atoms with E-state index in [1.54, 1.807) is 17.0 Å². The van der Waals surface area contributed by atoms with E-state index in [2.05, 4.69) is 15.0 Å². The van der Waals surface area contributed by atoms with Crippen molar-refractivity contribution in [3.8, 4) is 17.2 Å². The minimum absolute atomic E-state index is 0.0280. The van der Waals surface area contributed by atoms with Crippen molar-refractivity contribution >= 4 is 33.9 Å². The number of likely N-dealkylation sites (tertiary alicyclic amines) is 1. The summed E-state index contributed by atoms with van der Waals surface area (Å²) in [5.41, 5.74) is 2.26. The largest absolute Gasteiger partial charge is 0.573 e. The molecule has 2 amide bonds. The average Bonchev–Trinajstić information content (AvgIpc) is 3.65. The van der Waals surface area contributed by atoms with Gasteiger partial charge in [0, 0.05) is 17.3 Å². The highest BCUT2D eigenvalue weighted by atomic mass is 32.1. The molecule has 0 spiro atoms. The Balaban J connectivity index is 1.13. The van der Waals surface area contributed by atoms with E-state index in [0.29, 0.717) is 29.6 Å². The van der Waals surface area contributed by atoms with Crippen molar-refractivity contribution in [2.75, 3.05) is 18.7 Å². The summed E-state index contributed by atoms with van der Waals surface area (Å²) in [5.74, 6) is -0.00722. The zero-order valence-corrected chi connectivity index (χ0v) is 22.6. The maximum absolute atomic E-state index is 13.3. The lowest BCUT2D eigenvalue weighted by molar-refractivity contribution is -0.274. The second kappa shape index (κ2) is 10.6. The molecule has 2 atom stereocenters. The first-order valence-corrected chi connectivity index (χ1v) is 13.7. The summed E-state index contributed by atoms with van der Waals surface area (Å²) in [6, 6.07) is 10.5. The van der Waals surface area contributed by atoms with Crippen LogP contribution < -0.4 is 19.5 Å². The number of benzene rings is 2. The number of thiazole rings is 1. The minimum Gasteiger partial charge on any atom is -0.454 e. The van der Waals surface area contributed by atoms with Crippen LogP contribution in [0.4, 0.5) is 18.3 Å². The Morgan fingerprint density at radius 1 is 1.17 bits per heavy atom. The van der Waals surface area contributed by atoms with Gasteiger partial charge in [-0.15, -0.1) is 24.5 Å². The van der Waals surface area contributed by atoms with Gasteiger partial charge in [0.2, 0.25) is 12.7 Å². The number of hydrogen-bond acceptors (Lipinski definition) is 7. The fourth-order valence-electron chi connectivity index (χ4n) is 5.28. The summed E-state index contributed by atoms with van der Waals surface area (Å²) in [4.78, 5) is 33.1. The number of aromatic nitrogens is 1. The van der Waals surface area contributed by atoms with Gasteiger partial charge in [-0.05, 0) is 48.7 Å². The number of nitrogens with zero attached hydrogens (tertiary/aromatic N) is 2. The summed E-state index contributed by atoms with van der Waals surface area (Å²) in [7, 11) is 0. The van der Waals surface area contributed by atoms with Crippen molar-refractivity contribution in [2.45, 2.75) is 32.2 Å². The minimum atomic E-state index is -4.90. The van der Waals surface area contributed by atoms with Crippen LogP contribution in [0.2, 0.25) is 0 Å². The lowest BCUT2D eigenvalue weighted by atomic mass is 9.90. The van der Waals surface area contributed by atoms with E-state index in [1.165, 1.54) is 29.5 Å². The third kappa shape index (κ3) is 5.64. The molecule has 0 saturated carbocycles. The van der Waals surface area contributed by atoms with Gasteiger partial charge in [0.05, 0.1) is 23.7 Å². The third-order valence-corrected chi connectivity index (χ3v) is 7.98. The summed E-state index contributed by atoms with van der Waals surface area (Å²) in [6.45, 7) is 2.47. The van der Waals surface area contributed by atoms with Crippen LogP contribution in [0.25, 0.3) is 5.57 Å². The molecular weight excluding hydrogens is 559 g/mol. The van der Waals surface area contributed by atoms with E-state index in [1.807, 2.05) is 31.2 Å². The number of para-hydroxylation sites is 1. The Morgan fingerprint density at radius 2 is 1.98 bits per heavy atom. The number of nitrogens with one attached hydrogen (secondary N) is 1. The molecule has 1 saturated heterocycles. The van der Waals surface area contributed by atoms with Gasteiger partial charge in [-0.1, -0.05) is 36.4 Å². The van der Waals surface area contributed by atoms with Crippen LogP contribution in [0, 0.1) is 12.8 Å². The summed E-state index contributed by atoms with van der Waals surface area (Å²) in [5, 5.41) is 3.34. The smallest absolute Gasteiger partial charge is 0.454 e. The van der Waals surface area contributed by atoms with Gasteiger partial charge in [0.25, 0.3) is 5.91 Å². The van der Waals surface area contributed by atoms with Crippen LogP contribution in [0.15, 0.2) is 60.7 Å². The van der Waals surface area contributed by atoms with Gasteiger partial charge < -0.3 is 24.4 Å². The number of hydrogen-bond donors (Lipinski definition) is 1. The van der Waals surface area contributed by atoms with Crippen molar-refractivity contribution in [1.82, 2.24) is 9.88 Å². The Labute approximate surface area is 237 Å². The van der Waals surface area contributed by atoms with Gasteiger partial charge >= 0.3 is 6.36 Å². The second-order valence-corrected chi connectivity index (χ2v) is 11.0. The first-order chi connectivity index (χ1) is 19.6. The van der Waals surface area contributed by atoms with Gasteiger partial charge in [0.1, 0.15) is 5.75 Å². The maximum atomic E-state index is 13.3. The molecule has 2 unspecified atom stereocenters. The number of amides is 2. The van der Waals surface area contributed by atoms with E-state index in [4.69, 9.17) is 9.47 Å². The Bertz CT molecular complexity index is 1580. The maximum Gasteiger partial charge on any atom is 0.573 e. The highest BCUT2D eigenvalue weighted by molar-refractivity contribution is 7.15. The van der Waals surface area contributed by atoms with E-state index in [-0.39, 0.29) is 36.6 Å². The Kier molecular flexibility index (Phi) is 6.94. The molecule has 12 heteroatoms. The van der Waals surface area contributed by atoms with Crippen LogP contribution >= 0.6 is 11.3 Å². The molecule has 2 aromatic carbocycles. The first kappa shape index (κ1) is 26.9. The number of carbonyl (C=O) groups is 2. The number of rotatable bonds is 6. The molecule has 0 radical (unpaired) electrons. The van der Waals surface area contributed by atoms with Gasteiger partial charge in [-0.2, -0.15) is 0 Å². The monoisotopic (exact) mass is 583 g/mol. The molecule has 212 valence electrons. The Hall–Kier alpha value is -4.32. The molecular formula is C29H24F3N3O5S.